The van der Waals surface area contributed by atoms with Crippen LogP contribution in [0.3, 0.4) is 0 Å². The van der Waals surface area contributed by atoms with Gasteiger partial charge in [0.05, 0.1) is 5.41 Å². The van der Waals surface area contributed by atoms with E-state index < -0.39 is 10.0 Å². The third-order valence-electron chi connectivity index (χ3n) is 2.87. The molecule has 0 heterocycles. The number of nitrogens with one attached hydrogen (secondary N) is 2. The van der Waals surface area contributed by atoms with Crippen LogP contribution in [0.2, 0.25) is 0 Å². The van der Waals surface area contributed by atoms with E-state index in [1.54, 1.807) is 24.3 Å². The maximum Gasteiger partial charge on any atom is 0.255 e. The standard InChI is InChI=1S/C16H16N2O3S/c1-17-16(19)14-7-9-15(10-8-14)18-22(20,21)12-11-13-5-3-2-4-6-13/h2-12,18H,1H3,(H,17,19)/b12-11+. The zero-order valence-corrected chi connectivity index (χ0v) is 12.8. The third-order valence-corrected chi connectivity index (χ3v) is 3.89. The van der Waals surface area contributed by atoms with Crippen LogP contribution in [0.1, 0.15) is 15.9 Å². The largest absolute Gasteiger partial charge is 0.355 e. The van der Waals surface area contributed by atoms with Crippen LogP contribution >= 0.6 is 0 Å². The number of sulfonamides is 1. The summed E-state index contributed by atoms with van der Waals surface area (Å²) in [5.41, 5.74) is 1.65. The Hall–Kier alpha value is -2.60. The first-order chi connectivity index (χ1) is 10.5. The van der Waals surface area contributed by atoms with Gasteiger partial charge in [0.25, 0.3) is 15.9 Å². The van der Waals surface area contributed by atoms with E-state index in [0.29, 0.717) is 11.3 Å². The Morgan fingerprint density at radius 1 is 1.00 bits per heavy atom. The number of benzene rings is 2. The zero-order chi connectivity index (χ0) is 16.0. The van der Waals surface area contributed by atoms with Gasteiger partial charge >= 0.3 is 0 Å². The second kappa shape index (κ2) is 6.91. The van der Waals surface area contributed by atoms with Gasteiger partial charge in [0.1, 0.15) is 0 Å². The predicted octanol–water partition coefficient (Wildman–Crippen LogP) is 2.46. The van der Waals surface area contributed by atoms with Gasteiger partial charge in [-0.1, -0.05) is 30.3 Å². The summed E-state index contributed by atoms with van der Waals surface area (Å²) in [6.45, 7) is 0. The molecule has 0 atom stereocenters. The van der Waals surface area contributed by atoms with Crippen molar-refractivity contribution in [2.45, 2.75) is 0 Å². The summed E-state index contributed by atoms with van der Waals surface area (Å²) in [7, 11) is -2.07. The van der Waals surface area contributed by atoms with Gasteiger partial charge in [-0.15, -0.1) is 0 Å². The van der Waals surface area contributed by atoms with Crippen molar-refractivity contribution in [1.82, 2.24) is 5.32 Å². The van der Waals surface area contributed by atoms with Gasteiger partial charge in [-0.2, -0.15) is 0 Å². The van der Waals surface area contributed by atoms with Gasteiger partial charge in [0.2, 0.25) is 0 Å². The molecule has 0 radical (unpaired) electrons. The van der Waals surface area contributed by atoms with E-state index >= 15 is 0 Å². The number of amides is 1. The first-order valence-corrected chi connectivity index (χ1v) is 8.13. The molecule has 0 saturated carbocycles. The predicted molar refractivity (Wildman–Crippen MR) is 87.9 cm³/mol. The van der Waals surface area contributed by atoms with Crippen LogP contribution in [0, 0.1) is 0 Å². The Morgan fingerprint density at radius 3 is 2.23 bits per heavy atom. The van der Waals surface area contributed by atoms with Gasteiger partial charge in [-0.3, -0.25) is 9.52 Å². The molecule has 5 nitrogen and oxygen atoms in total. The first kappa shape index (κ1) is 15.8. The lowest BCUT2D eigenvalue weighted by Crippen LogP contribution is -2.17. The first-order valence-electron chi connectivity index (χ1n) is 6.58. The van der Waals surface area contributed by atoms with Crippen molar-refractivity contribution in [3.63, 3.8) is 0 Å². The summed E-state index contributed by atoms with van der Waals surface area (Å²) in [4.78, 5) is 11.4. The van der Waals surface area contributed by atoms with Crippen LogP contribution in [0.15, 0.2) is 60.0 Å². The molecule has 22 heavy (non-hydrogen) atoms. The molecule has 1 amide bonds. The van der Waals surface area contributed by atoms with Crippen molar-refractivity contribution < 1.29 is 13.2 Å². The SMILES string of the molecule is CNC(=O)c1ccc(NS(=O)(=O)/C=C/c2ccccc2)cc1. The van der Waals surface area contributed by atoms with Crippen LogP contribution in [0.4, 0.5) is 5.69 Å². The number of rotatable bonds is 5. The van der Waals surface area contributed by atoms with E-state index in [1.807, 2.05) is 30.3 Å². The number of hydrogen-bond acceptors (Lipinski definition) is 3. The Labute approximate surface area is 129 Å². The molecule has 0 spiro atoms. The highest BCUT2D eigenvalue weighted by Crippen LogP contribution is 2.13. The van der Waals surface area contributed by atoms with Gasteiger partial charge in [-0.05, 0) is 35.9 Å². The van der Waals surface area contributed by atoms with Crippen molar-refractivity contribution in [2.24, 2.45) is 0 Å². The van der Waals surface area contributed by atoms with Crippen molar-refractivity contribution >= 4 is 27.7 Å². The second-order valence-corrected chi connectivity index (χ2v) is 6.08. The summed E-state index contributed by atoms with van der Waals surface area (Å²) >= 11 is 0. The molecule has 0 saturated heterocycles. The highest BCUT2D eigenvalue weighted by Gasteiger charge is 2.07. The summed E-state index contributed by atoms with van der Waals surface area (Å²) in [5.74, 6) is -0.224. The Balaban J connectivity index is 2.09. The average molecular weight is 316 g/mol. The second-order valence-electron chi connectivity index (χ2n) is 4.52. The lowest BCUT2D eigenvalue weighted by atomic mass is 10.2. The van der Waals surface area contributed by atoms with E-state index in [0.717, 1.165) is 11.0 Å². The molecule has 6 heteroatoms. The molecule has 0 aliphatic rings. The molecular formula is C16H16N2O3S. The summed E-state index contributed by atoms with van der Waals surface area (Å²) in [6.07, 6.45) is 1.52. The van der Waals surface area contributed by atoms with Gasteiger partial charge < -0.3 is 5.32 Å². The fraction of sp³-hybridized carbons (Fsp3) is 0.0625. The number of hydrogen-bond donors (Lipinski definition) is 2. The monoisotopic (exact) mass is 316 g/mol. The van der Waals surface area contributed by atoms with Crippen LogP contribution in [-0.2, 0) is 10.0 Å². The van der Waals surface area contributed by atoms with Crippen molar-refractivity contribution in [3.05, 3.63) is 71.1 Å². The fourth-order valence-electron chi connectivity index (χ4n) is 1.76. The Bertz CT molecular complexity index is 767. The molecular weight excluding hydrogens is 300 g/mol. The minimum absolute atomic E-state index is 0.224. The molecule has 2 rings (SSSR count). The lowest BCUT2D eigenvalue weighted by molar-refractivity contribution is 0.0963. The summed E-state index contributed by atoms with van der Waals surface area (Å²) < 4.78 is 26.4. The topological polar surface area (TPSA) is 75.3 Å². The van der Waals surface area contributed by atoms with E-state index in [-0.39, 0.29) is 5.91 Å². The zero-order valence-electron chi connectivity index (χ0n) is 12.0. The van der Waals surface area contributed by atoms with E-state index in [4.69, 9.17) is 0 Å². The molecule has 2 N–H and O–H groups in total. The lowest BCUT2D eigenvalue weighted by Gasteiger charge is -2.05. The third kappa shape index (κ3) is 4.46. The highest BCUT2D eigenvalue weighted by atomic mass is 32.2. The minimum atomic E-state index is -3.60. The molecule has 0 fully saturated rings. The quantitative estimate of drug-likeness (QED) is 0.889. The van der Waals surface area contributed by atoms with E-state index in [1.165, 1.54) is 13.1 Å². The Morgan fingerprint density at radius 2 is 1.64 bits per heavy atom. The Kier molecular flexibility index (Phi) is 4.95. The minimum Gasteiger partial charge on any atom is -0.355 e. The normalized spacial score (nSPS) is 11.3. The van der Waals surface area contributed by atoms with Crippen molar-refractivity contribution in [1.29, 1.82) is 0 Å². The van der Waals surface area contributed by atoms with E-state index in [9.17, 15) is 13.2 Å². The van der Waals surface area contributed by atoms with Gasteiger partial charge in [0, 0.05) is 18.3 Å². The maximum atomic E-state index is 12.0. The molecule has 0 aliphatic carbocycles. The molecule has 2 aromatic rings. The van der Waals surface area contributed by atoms with Gasteiger partial charge in [-0.25, -0.2) is 8.42 Å². The summed E-state index contributed by atoms with van der Waals surface area (Å²) in [6, 6.07) is 15.3. The smallest absolute Gasteiger partial charge is 0.255 e. The molecule has 0 unspecified atom stereocenters. The van der Waals surface area contributed by atoms with Crippen LogP contribution in [0.25, 0.3) is 6.08 Å². The van der Waals surface area contributed by atoms with E-state index in [2.05, 4.69) is 10.0 Å². The number of carbonyl (C=O) groups is 1. The maximum absolute atomic E-state index is 12.0. The van der Waals surface area contributed by atoms with Crippen LogP contribution in [0.5, 0.6) is 0 Å². The fourth-order valence-corrected chi connectivity index (χ4v) is 2.63. The molecule has 2 aromatic carbocycles. The number of carbonyl (C=O) groups excluding carboxylic acids is 1. The molecule has 0 bridgehead atoms. The van der Waals surface area contributed by atoms with Gasteiger partial charge in [0.15, 0.2) is 0 Å². The molecule has 114 valence electrons. The van der Waals surface area contributed by atoms with Crippen molar-refractivity contribution in [3.8, 4) is 0 Å². The van der Waals surface area contributed by atoms with Crippen molar-refractivity contribution in [2.75, 3.05) is 11.8 Å². The molecule has 0 aromatic heterocycles. The summed E-state index contributed by atoms with van der Waals surface area (Å²) in [5, 5.41) is 3.60. The van der Waals surface area contributed by atoms with Crippen LogP contribution in [-0.4, -0.2) is 21.4 Å². The molecule has 0 aliphatic heterocycles. The average Bonchev–Trinajstić information content (AvgIpc) is 2.54. The number of anilines is 1. The van der Waals surface area contributed by atoms with Crippen LogP contribution < -0.4 is 10.0 Å². The highest BCUT2D eigenvalue weighted by molar-refractivity contribution is 7.95.